The second-order valence-corrected chi connectivity index (χ2v) is 5.56. The van der Waals surface area contributed by atoms with Gasteiger partial charge in [-0.2, -0.15) is 0 Å². The molecule has 0 bridgehead atoms. The highest BCUT2D eigenvalue weighted by molar-refractivity contribution is 5.66. The Kier molecular flexibility index (Phi) is 1.91. The quantitative estimate of drug-likeness (QED) is 0.665. The van der Waals surface area contributed by atoms with E-state index in [0.717, 1.165) is 0 Å². The van der Waals surface area contributed by atoms with E-state index in [0.29, 0.717) is 17.9 Å². The maximum Gasteiger partial charge on any atom is 0.0617 e. The van der Waals surface area contributed by atoms with Crippen LogP contribution in [-0.4, -0.2) is 7.05 Å². The molecule has 0 spiro atoms. The summed E-state index contributed by atoms with van der Waals surface area (Å²) in [5.74, 6) is 1.25. The number of rotatable bonds is 0. The predicted octanol–water partition coefficient (Wildman–Crippen LogP) is 4.08. The van der Waals surface area contributed by atoms with E-state index < -0.39 is 0 Å². The molecule has 1 heteroatoms. The van der Waals surface area contributed by atoms with Gasteiger partial charge in [0.1, 0.15) is 0 Å². The van der Waals surface area contributed by atoms with Crippen molar-refractivity contribution < 1.29 is 0 Å². The van der Waals surface area contributed by atoms with Crippen molar-refractivity contribution in [3.8, 4) is 0 Å². The Morgan fingerprint density at radius 2 is 1.44 bits per heavy atom. The summed E-state index contributed by atoms with van der Waals surface area (Å²) >= 11 is 0. The van der Waals surface area contributed by atoms with Gasteiger partial charge in [-0.1, -0.05) is 49.4 Å². The highest BCUT2D eigenvalue weighted by Gasteiger charge is 2.46. The minimum Gasteiger partial charge on any atom is -0.367 e. The molecule has 90 valence electrons. The third-order valence-corrected chi connectivity index (χ3v) is 4.78. The molecule has 2 aromatic rings. The van der Waals surface area contributed by atoms with Crippen LogP contribution in [0.5, 0.6) is 0 Å². The van der Waals surface area contributed by atoms with Crippen molar-refractivity contribution in [1.82, 2.24) is 0 Å². The van der Waals surface area contributed by atoms with Crippen LogP contribution in [-0.2, 0) is 0 Å². The van der Waals surface area contributed by atoms with E-state index in [1.807, 2.05) is 0 Å². The standard InChI is InChI=1S/C17H17N/c1-11-12-7-3-4-8-13(12)17-16(11)14-9-5-6-10-15(14)18(17)2/h3-11,16-17H,1-2H3. The van der Waals surface area contributed by atoms with Crippen molar-refractivity contribution >= 4 is 5.69 Å². The fraction of sp³-hybridized carbons (Fsp3) is 0.294. The van der Waals surface area contributed by atoms with Gasteiger partial charge < -0.3 is 4.90 Å². The van der Waals surface area contributed by atoms with Crippen molar-refractivity contribution in [2.24, 2.45) is 0 Å². The molecule has 4 rings (SSSR count). The van der Waals surface area contributed by atoms with E-state index in [4.69, 9.17) is 0 Å². The Bertz CT molecular complexity index is 561. The number of anilines is 1. The van der Waals surface area contributed by atoms with Gasteiger partial charge in [-0.15, -0.1) is 0 Å². The first-order valence-electron chi connectivity index (χ1n) is 6.69. The fourth-order valence-electron chi connectivity index (χ4n) is 3.98. The molecule has 1 aliphatic carbocycles. The normalized spacial score (nSPS) is 27.9. The average molecular weight is 235 g/mol. The second kappa shape index (κ2) is 3.38. The molecule has 0 aromatic heterocycles. The SMILES string of the molecule is CC1c2ccccc2C2C1c1ccccc1N2C. The van der Waals surface area contributed by atoms with E-state index >= 15 is 0 Å². The molecule has 1 nitrogen and oxygen atoms in total. The van der Waals surface area contributed by atoms with Crippen molar-refractivity contribution in [2.45, 2.75) is 24.8 Å². The van der Waals surface area contributed by atoms with Gasteiger partial charge in [-0.3, -0.25) is 0 Å². The van der Waals surface area contributed by atoms with Gasteiger partial charge in [0.05, 0.1) is 6.04 Å². The number of hydrogen-bond donors (Lipinski definition) is 0. The zero-order chi connectivity index (χ0) is 12.3. The van der Waals surface area contributed by atoms with Crippen LogP contribution in [0.25, 0.3) is 0 Å². The molecule has 0 amide bonds. The van der Waals surface area contributed by atoms with E-state index in [2.05, 4.69) is 67.4 Å². The maximum atomic E-state index is 2.46. The summed E-state index contributed by atoms with van der Waals surface area (Å²) in [7, 11) is 2.23. The van der Waals surface area contributed by atoms with Gasteiger partial charge in [0.2, 0.25) is 0 Å². The number of benzene rings is 2. The van der Waals surface area contributed by atoms with Crippen LogP contribution in [0.2, 0.25) is 0 Å². The van der Waals surface area contributed by atoms with Crippen molar-refractivity contribution in [1.29, 1.82) is 0 Å². The smallest absolute Gasteiger partial charge is 0.0617 e. The summed E-state index contributed by atoms with van der Waals surface area (Å²) in [4.78, 5) is 2.46. The summed E-state index contributed by atoms with van der Waals surface area (Å²) in [6, 6.07) is 18.4. The lowest BCUT2D eigenvalue weighted by atomic mass is 9.88. The average Bonchev–Trinajstić information content (AvgIpc) is 2.87. The number of nitrogens with zero attached hydrogens (tertiary/aromatic N) is 1. The van der Waals surface area contributed by atoms with Crippen LogP contribution < -0.4 is 4.90 Å². The predicted molar refractivity (Wildman–Crippen MR) is 75.2 cm³/mol. The molecular formula is C17H17N. The van der Waals surface area contributed by atoms with Crippen LogP contribution in [0, 0.1) is 0 Å². The van der Waals surface area contributed by atoms with E-state index in [1.165, 1.54) is 22.4 Å². The second-order valence-electron chi connectivity index (χ2n) is 5.56. The van der Waals surface area contributed by atoms with Crippen LogP contribution in [0.15, 0.2) is 48.5 Å². The largest absolute Gasteiger partial charge is 0.367 e. The minimum atomic E-state index is 0.536. The number of likely N-dealkylation sites (N-methyl/N-ethyl adjacent to an activating group) is 1. The first kappa shape index (κ1) is 10.2. The maximum absolute atomic E-state index is 2.46. The topological polar surface area (TPSA) is 3.24 Å². The number of fused-ring (bicyclic) bond motifs is 5. The van der Waals surface area contributed by atoms with Gasteiger partial charge in [0, 0.05) is 18.7 Å². The van der Waals surface area contributed by atoms with Crippen molar-refractivity contribution in [3.05, 3.63) is 65.2 Å². The van der Waals surface area contributed by atoms with E-state index in [1.54, 1.807) is 0 Å². The molecule has 0 radical (unpaired) electrons. The van der Waals surface area contributed by atoms with Crippen LogP contribution >= 0.6 is 0 Å². The van der Waals surface area contributed by atoms with Gasteiger partial charge in [-0.05, 0) is 28.7 Å². The first-order chi connectivity index (χ1) is 8.79. The molecule has 0 saturated heterocycles. The number of para-hydroxylation sites is 1. The van der Waals surface area contributed by atoms with Crippen LogP contribution in [0.3, 0.4) is 0 Å². The Morgan fingerprint density at radius 3 is 2.22 bits per heavy atom. The molecule has 3 unspecified atom stereocenters. The summed E-state index contributed by atoms with van der Waals surface area (Å²) < 4.78 is 0. The lowest BCUT2D eigenvalue weighted by Gasteiger charge is -2.23. The minimum absolute atomic E-state index is 0.536. The monoisotopic (exact) mass is 235 g/mol. The summed E-state index contributed by atoms with van der Waals surface area (Å²) in [6.45, 7) is 2.37. The first-order valence-corrected chi connectivity index (χ1v) is 6.69. The molecule has 0 saturated carbocycles. The van der Waals surface area contributed by atoms with Crippen molar-refractivity contribution in [3.63, 3.8) is 0 Å². The highest BCUT2D eigenvalue weighted by atomic mass is 15.2. The van der Waals surface area contributed by atoms with Gasteiger partial charge in [-0.25, -0.2) is 0 Å². The Balaban J connectivity index is 1.95. The summed E-state index contributed by atoms with van der Waals surface area (Å²) in [5, 5.41) is 0. The molecule has 0 fully saturated rings. The zero-order valence-corrected chi connectivity index (χ0v) is 10.8. The lowest BCUT2D eigenvalue weighted by molar-refractivity contribution is 0.553. The molecule has 1 heterocycles. The van der Waals surface area contributed by atoms with E-state index in [9.17, 15) is 0 Å². The van der Waals surface area contributed by atoms with Crippen molar-refractivity contribution in [2.75, 3.05) is 11.9 Å². The molecule has 3 atom stereocenters. The highest BCUT2D eigenvalue weighted by Crippen LogP contribution is 2.59. The van der Waals surface area contributed by atoms with Gasteiger partial charge in [0.25, 0.3) is 0 Å². The van der Waals surface area contributed by atoms with Gasteiger partial charge in [0.15, 0.2) is 0 Å². The summed E-state index contributed by atoms with van der Waals surface area (Å²) in [6.07, 6.45) is 0. The molecule has 18 heavy (non-hydrogen) atoms. The Hall–Kier alpha value is -1.76. The Morgan fingerprint density at radius 1 is 0.833 bits per heavy atom. The van der Waals surface area contributed by atoms with E-state index in [-0.39, 0.29) is 0 Å². The third kappa shape index (κ3) is 1.07. The molecule has 0 N–H and O–H groups in total. The fourth-order valence-corrected chi connectivity index (χ4v) is 3.98. The summed E-state index contributed by atoms with van der Waals surface area (Å²) in [5.41, 5.74) is 5.99. The zero-order valence-electron chi connectivity index (χ0n) is 10.8. The molecular weight excluding hydrogens is 218 g/mol. The Labute approximate surface area is 108 Å². The molecule has 2 aromatic carbocycles. The molecule has 1 aliphatic heterocycles. The van der Waals surface area contributed by atoms with Gasteiger partial charge >= 0.3 is 0 Å². The molecule has 2 aliphatic rings. The third-order valence-electron chi connectivity index (χ3n) is 4.78. The lowest BCUT2D eigenvalue weighted by Crippen LogP contribution is -2.19. The van der Waals surface area contributed by atoms with Crippen LogP contribution in [0.4, 0.5) is 5.69 Å². The van der Waals surface area contributed by atoms with Crippen LogP contribution in [0.1, 0.15) is 41.5 Å². The number of hydrogen-bond acceptors (Lipinski definition) is 1.